The Kier molecular flexibility index (Phi) is 6.64. The molecule has 0 bridgehead atoms. The number of carbonyl (C=O) groups excluding carboxylic acids is 1. The molecule has 0 aromatic heterocycles. The third-order valence-electron chi connectivity index (χ3n) is 2.86. The molecule has 0 atom stereocenters. The summed E-state index contributed by atoms with van der Waals surface area (Å²) in [6, 6.07) is 5.80. The molecule has 1 rings (SSSR count). The summed E-state index contributed by atoms with van der Waals surface area (Å²) in [5.41, 5.74) is 2.10. The highest BCUT2D eigenvalue weighted by Gasteiger charge is 2.05. The van der Waals surface area contributed by atoms with Gasteiger partial charge < -0.3 is 14.2 Å². The Morgan fingerprint density at radius 3 is 2.50 bits per heavy atom. The van der Waals surface area contributed by atoms with Crippen LogP contribution in [-0.2, 0) is 16.0 Å². The smallest absolute Gasteiger partial charge is 0.309 e. The van der Waals surface area contributed by atoms with E-state index in [4.69, 9.17) is 14.2 Å². The second kappa shape index (κ2) is 8.25. The molecule has 0 N–H and O–H groups in total. The van der Waals surface area contributed by atoms with Gasteiger partial charge in [0.05, 0.1) is 27.2 Å². The van der Waals surface area contributed by atoms with Crippen molar-refractivity contribution in [2.24, 2.45) is 0 Å². The molecule has 0 unspecified atom stereocenters. The fourth-order valence-electron chi connectivity index (χ4n) is 1.81. The lowest BCUT2D eigenvalue weighted by molar-refractivity contribution is -0.142. The molecule has 0 radical (unpaired) electrons. The van der Waals surface area contributed by atoms with Crippen molar-refractivity contribution in [3.05, 3.63) is 35.4 Å². The van der Waals surface area contributed by atoms with E-state index < -0.39 is 0 Å². The quantitative estimate of drug-likeness (QED) is 0.568. The molecule has 0 amide bonds. The number of hydrogen-bond donors (Lipinski definition) is 0. The Balaban J connectivity index is 2.66. The minimum Gasteiger partial charge on any atom is -0.493 e. The van der Waals surface area contributed by atoms with Crippen molar-refractivity contribution in [1.82, 2.24) is 0 Å². The van der Waals surface area contributed by atoms with E-state index in [9.17, 15) is 4.79 Å². The van der Waals surface area contributed by atoms with Crippen molar-refractivity contribution < 1.29 is 19.0 Å². The first-order valence-electron chi connectivity index (χ1n) is 6.62. The maximum Gasteiger partial charge on any atom is 0.309 e. The highest BCUT2D eigenvalue weighted by molar-refractivity contribution is 5.72. The first-order valence-corrected chi connectivity index (χ1v) is 6.62. The van der Waals surface area contributed by atoms with Gasteiger partial charge in [0, 0.05) is 0 Å². The molecule has 0 aliphatic rings. The number of carbonyl (C=O) groups is 1. The third-order valence-corrected chi connectivity index (χ3v) is 2.86. The van der Waals surface area contributed by atoms with Crippen LogP contribution in [0.2, 0.25) is 0 Å². The van der Waals surface area contributed by atoms with Crippen molar-refractivity contribution in [3.63, 3.8) is 0 Å². The van der Waals surface area contributed by atoms with Crippen LogP contribution in [0.15, 0.2) is 29.8 Å². The van der Waals surface area contributed by atoms with Gasteiger partial charge in [-0.2, -0.15) is 0 Å². The molecule has 4 nitrogen and oxygen atoms in total. The van der Waals surface area contributed by atoms with E-state index in [1.165, 1.54) is 0 Å². The second-order valence-electron chi connectivity index (χ2n) is 4.43. The summed E-state index contributed by atoms with van der Waals surface area (Å²) >= 11 is 0. The van der Waals surface area contributed by atoms with Crippen LogP contribution in [0.4, 0.5) is 0 Å². The van der Waals surface area contributed by atoms with Gasteiger partial charge in [0.1, 0.15) is 0 Å². The molecule has 4 heteroatoms. The molecule has 0 saturated heterocycles. The van der Waals surface area contributed by atoms with E-state index in [1.54, 1.807) is 21.1 Å². The zero-order valence-corrected chi connectivity index (χ0v) is 12.6. The lowest BCUT2D eigenvalue weighted by Crippen LogP contribution is -2.04. The molecule has 0 heterocycles. The molecule has 20 heavy (non-hydrogen) atoms. The average molecular weight is 278 g/mol. The maximum atomic E-state index is 11.3. The monoisotopic (exact) mass is 278 g/mol. The third kappa shape index (κ3) is 4.96. The van der Waals surface area contributed by atoms with Crippen molar-refractivity contribution in [3.8, 4) is 11.5 Å². The Bertz CT molecular complexity index is 477. The predicted molar refractivity (Wildman–Crippen MR) is 78.3 cm³/mol. The minimum absolute atomic E-state index is 0.187. The van der Waals surface area contributed by atoms with E-state index in [1.807, 2.05) is 31.2 Å². The van der Waals surface area contributed by atoms with Crippen LogP contribution in [0.1, 0.15) is 25.8 Å². The molecule has 0 aliphatic carbocycles. The summed E-state index contributed by atoms with van der Waals surface area (Å²) in [7, 11) is 3.23. The van der Waals surface area contributed by atoms with E-state index in [2.05, 4.69) is 0 Å². The lowest BCUT2D eigenvalue weighted by atomic mass is 10.1. The van der Waals surface area contributed by atoms with Crippen LogP contribution in [0.5, 0.6) is 11.5 Å². The van der Waals surface area contributed by atoms with Gasteiger partial charge in [0.25, 0.3) is 0 Å². The summed E-state index contributed by atoms with van der Waals surface area (Å²) in [6.45, 7) is 4.15. The summed E-state index contributed by atoms with van der Waals surface area (Å²) in [4.78, 5) is 11.3. The Hall–Kier alpha value is -1.97. The number of hydrogen-bond acceptors (Lipinski definition) is 4. The van der Waals surface area contributed by atoms with Gasteiger partial charge >= 0.3 is 5.97 Å². The van der Waals surface area contributed by atoms with E-state index in [0.717, 1.165) is 17.6 Å². The molecule has 0 fully saturated rings. The summed E-state index contributed by atoms with van der Waals surface area (Å²) in [6.07, 6.45) is 3.10. The molecule has 1 aromatic rings. The van der Waals surface area contributed by atoms with Crippen LogP contribution in [0.3, 0.4) is 0 Å². The van der Waals surface area contributed by atoms with Crippen molar-refractivity contribution in [1.29, 1.82) is 0 Å². The largest absolute Gasteiger partial charge is 0.493 e. The second-order valence-corrected chi connectivity index (χ2v) is 4.43. The van der Waals surface area contributed by atoms with E-state index >= 15 is 0 Å². The fraction of sp³-hybridized carbons (Fsp3) is 0.438. The highest BCUT2D eigenvalue weighted by Crippen LogP contribution is 2.27. The molecule has 0 saturated carbocycles. The molecule has 110 valence electrons. The minimum atomic E-state index is -0.187. The normalized spacial score (nSPS) is 11.1. The Labute approximate surface area is 120 Å². The van der Waals surface area contributed by atoms with Gasteiger partial charge in [-0.1, -0.05) is 17.7 Å². The van der Waals surface area contributed by atoms with E-state index in [0.29, 0.717) is 24.5 Å². The number of methoxy groups -OCH3 is 2. The van der Waals surface area contributed by atoms with Gasteiger partial charge in [0.2, 0.25) is 0 Å². The van der Waals surface area contributed by atoms with Crippen LogP contribution in [0.25, 0.3) is 0 Å². The standard InChI is InChI=1S/C16H22O4/c1-5-20-16(17)10-12(2)6-7-13-8-9-14(18-3)15(11-13)19-4/h6,8-9,11H,5,7,10H2,1-4H3/b12-6-. The zero-order valence-electron chi connectivity index (χ0n) is 12.6. The molecular weight excluding hydrogens is 256 g/mol. The van der Waals surface area contributed by atoms with Crippen LogP contribution in [0, 0.1) is 0 Å². The van der Waals surface area contributed by atoms with Gasteiger partial charge in [-0.15, -0.1) is 0 Å². The van der Waals surface area contributed by atoms with Gasteiger partial charge in [-0.05, 0) is 38.0 Å². The SMILES string of the molecule is CCOC(=O)C/C(C)=C\Cc1ccc(OC)c(OC)c1. The average Bonchev–Trinajstić information content (AvgIpc) is 2.44. The number of ether oxygens (including phenoxy) is 3. The number of rotatable bonds is 7. The molecule has 1 aromatic carbocycles. The van der Waals surface area contributed by atoms with E-state index in [-0.39, 0.29) is 5.97 Å². The van der Waals surface area contributed by atoms with Crippen LogP contribution in [-0.4, -0.2) is 26.8 Å². The summed E-state index contributed by atoms with van der Waals surface area (Å²) in [5, 5.41) is 0. The predicted octanol–water partition coefficient (Wildman–Crippen LogP) is 3.15. The lowest BCUT2D eigenvalue weighted by Gasteiger charge is -2.09. The first-order chi connectivity index (χ1) is 9.60. The maximum absolute atomic E-state index is 11.3. The number of benzene rings is 1. The summed E-state index contributed by atoms with van der Waals surface area (Å²) < 4.78 is 15.4. The van der Waals surface area contributed by atoms with Gasteiger partial charge in [-0.25, -0.2) is 0 Å². The molecular formula is C16H22O4. The van der Waals surface area contributed by atoms with Crippen LogP contribution < -0.4 is 9.47 Å². The topological polar surface area (TPSA) is 44.8 Å². The first kappa shape index (κ1) is 16.1. The fourth-order valence-corrected chi connectivity index (χ4v) is 1.81. The van der Waals surface area contributed by atoms with Crippen molar-refractivity contribution in [2.45, 2.75) is 26.7 Å². The number of allylic oxidation sites excluding steroid dienone is 1. The molecule has 0 spiro atoms. The summed E-state index contributed by atoms with van der Waals surface area (Å²) in [5.74, 6) is 1.23. The number of esters is 1. The van der Waals surface area contributed by atoms with Crippen LogP contribution >= 0.6 is 0 Å². The zero-order chi connectivity index (χ0) is 15.0. The van der Waals surface area contributed by atoms with Crippen molar-refractivity contribution in [2.75, 3.05) is 20.8 Å². The molecule has 0 aliphatic heterocycles. The highest BCUT2D eigenvalue weighted by atomic mass is 16.5. The van der Waals surface area contributed by atoms with Gasteiger partial charge in [-0.3, -0.25) is 4.79 Å². The Morgan fingerprint density at radius 1 is 1.20 bits per heavy atom. The van der Waals surface area contributed by atoms with Gasteiger partial charge in [0.15, 0.2) is 11.5 Å². The Morgan fingerprint density at radius 2 is 1.90 bits per heavy atom. The van der Waals surface area contributed by atoms with Crippen molar-refractivity contribution >= 4 is 5.97 Å².